The van der Waals surface area contributed by atoms with Gasteiger partial charge in [-0.25, -0.2) is 0 Å². The Morgan fingerprint density at radius 3 is 2.41 bits per heavy atom. The van der Waals surface area contributed by atoms with Crippen molar-refractivity contribution in [2.24, 2.45) is 0 Å². The Kier molecular flexibility index (Phi) is 4.01. The lowest BCUT2D eigenvalue weighted by molar-refractivity contribution is 0.104. The van der Waals surface area contributed by atoms with Crippen LogP contribution in [0.1, 0.15) is 15.9 Å². The average Bonchev–Trinajstić information content (AvgIpc) is 2.55. The van der Waals surface area contributed by atoms with Crippen molar-refractivity contribution in [3.63, 3.8) is 0 Å². The summed E-state index contributed by atoms with van der Waals surface area (Å²) in [7, 11) is 0. The standard InChI is InChI=1S/C20H16O2/c1-15-6-8-17(9-7-15)20(21)12-13-22-19-11-10-16-4-2-3-5-18(16)14-19/h2-14H,1H3/b13-12-. The maximum absolute atomic E-state index is 12.0. The fourth-order valence-electron chi connectivity index (χ4n) is 2.23. The lowest BCUT2D eigenvalue weighted by atomic mass is 10.1. The van der Waals surface area contributed by atoms with Gasteiger partial charge in [-0.1, -0.05) is 60.2 Å². The zero-order valence-corrected chi connectivity index (χ0v) is 12.3. The molecule has 3 aromatic rings. The molecular formula is C20H16O2. The Hall–Kier alpha value is -2.87. The Labute approximate surface area is 129 Å². The third kappa shape index (κ3) is 3.23. The molecule has 0 heterocycles. The number of benzene rings is 3. The first-order valence-electron chi connectivity index (χ1n) is 7.15. The molecule has 2 heteroatoms. The first-order chi connectivity index (χ1) is 10.7. The molecule has 0 atom stereocenters. The van der Waals surface area contributed by atoms with E-state index in [4.69, 9.17) is 4.74 Å². The van der Waals surface area contributed by atoms with E-state index in [1.54, 1.807) is 0 Å². The van der Waals surface area contributed by atoms with Gasteiger partial charge in [0.15, 0.2) is 5.78 Å². The van der Waals surface area contributed by atoms with Crippen LogP contribution in [-0.2, 0) is 0 Å². The average molecular weight is 288 g/mol. The second-order valence-corrected chi connectivity index (χ2v) is 5.16. The van der Waals surface area contributed by atoms with Gasteiger partial charge in [0.25, 0.3) is 0 Å². The van der Waals surface area contributed by atoms with Crippen LogP contribution in [0, 0.1) is 6.92 Å². The van der Waals surface area contributed by atoms with Crippen molar-refractivity contribution in [2.75, 3.05) is 0 Å². The van der Waals surface area contributed by atoms with E-state index in [9.17, 15) is 4.79 Å². The van der Waals surface area contributed by atoms with Crippen molar-refractivity contribution in [1.82, 2.24) is 0 Å². The molecule has 0 aromatic heterocycles. The monoisotopic (exact) mass is 288 g/mol. The normalized spacial score (nSPS) is 11.0. The highest BCUT2D eigenvalue weighted by atomic mass is 16.5. The second kappa shape index (κ2) is 6.27. The molecule has 2 nitrogen and oxygen atoms in total. The van der Waals surface area contributed by atoms with Gasteiger partial charge in [-0.05, 0) is 29.8 Å². The molecule has 108 valence electrons. The van der Waals surface area contributed by atoms with Crippen LogP contribution in [0.2, 0.25) is 0 Å². The molecule has 3 aromatic carbocycles. The van der Waals surface area contributed by atoms with Crippen LogP contribution >= 0.6 is 0 Å². The molecule has 0 aliphatic carbocycles. The third-order valence-corrected chi connectivity index (χ3v) is 3.48. The molecular weight excluding hydrogens is 272 g/mol. The summed E-state index contributed by atoms with van der Waals surface area (Å²) in [6, 6.07) is 21.4. The molecule has 0 fully saturated rings. The molecule has 0 amide bonds. The van der Waals surface area contributed by atoms with Crippen LogP contribution in [0.5, 0.6) is 5.75 Å². The van der Waals surface area contributed by atoms with Crippen molar-refractivity contribution >= 4 is 16.6 Å². The van der Waals surface area contributed by atoms with Crippen molar-refractivity contribution < 1.29 is 9.53 Å². The first kappa shape index (κ1) is 14.1. The van der Waals surface area contributed by atoms with E-state index in [0.29, 0.717) is 11.3 Å². The van der Waals surface area contributed by atoms with Gasteiger partial charge in [-0.2, -0.15) is 0 Å². The summed E-state index contributed by atoms with van der Waals surface area (Å²) in [5, 5.41) is 2.27. The highest BCUT2D eigenvalue weighted by Crippen LogP contribution is 2.20. The van der Waals surface area contributed by atoms with Crippen LogP contribution in [0.4, 0.5) is 0 Å². The molecule has 0 saturated heterocycles. The summed E-state index contributed by atoms with van der Waals surface area (Å²) >= 11 is 0. The van der Waals surface area contributed by atoms with Crippen molar-refractivity contribution in [3.05, 3.63) is 90.2 Å². The number of ketones is 1. The topological polar surface area (TPSA) is 26.3 Å². The number of ether oxygens (including phenoxy) is 1. The van der Waals surface area contributed by atoms with Crippen LogP contribution in [0.3, 0.4) is 0 Å². The van der Waals surface area contributed by atoms with E-state index in [-0.39, 0.29) is 5.78 Å². The predicted molar refractivity (Wildman–Crippen MR) is 89.2 cm³/mol. The Balaban J connectivity index is 1.70. The number of carbonyl (C=O) groups is 1. The van der Waals surface area contributed by atoms with E-state index in [1.165, 1.54) is 12.3 Å². The number of aryl methyl sites for hydroxylation is 1. The van der Waals surface area contributed by atoms with Gasteiger partial charge in [0, 0.05) is 11.6 Å². The minimum absolute atomic E-state index is 0.0687. The van der Waals surface area contributed by atoms with E-state index < -0.39 is 0 Å². The number of rotatable bonds is 4. The highest BCUT2D eigenvalue weighted by Gasteiger charge is 2.01. The van der Waals surface area contributed by atoms with E-state index >= 15 is 0 Å². The molecule has 0 saturated carbocycles. The number of hydrogen-bond donors (Lipinski definition) is 0. The van der Waals surface area contributed by atoms with Crippen molar-refractivity contribution in [1.29, 1.82) is 0 Å². The second-order valence-electron chi connectivity index (χ2n) is 5.16. The molecule has 22 heavy (non-hydrogen) atoms. The van der Waals surface area contributed by atoms with Gasteiger partial charge < -0.3 is 4.74 Å². The summed E-state index contributed by atoms with van der Waals surface area (Å²) in [5.74, 6) is 0.646. The predicted octanol–water partition coefficient (Wildman–Crippen LogP) is 4.92. The molecule has 3 rings (SSSR count). The molecule has 0 N–H and O–H groups in total. The van der Waals surface area contributed by atoms with Gasteiger partial charge in [0.1, 0.15) is 5.75 Å². The summed E-state index contributed by atoms with van der Waals surface area (Å²) in [5.41, 5.74) is 1.79. The molecule has 0 aliphatic rings. The van der Waals surface area contributed by atoms with E-state index in [1.807, 2.05) is 67.6 Å². The maximum atomic E-state index is 12.0. The minimum atomic E-state index is -0.0687. The number of allylic oxidation sites excluding steroid dienone is 1. The fraction of sp³-hybridized carbons (Fsp3) is 0.0500. The number of carbonyl (C=O) groups excluding carboxylic acids is 1. The van der Waals surface area contributed by atoms with Crippen LogP contribution < -0.4 is 4.74 Å². The molecule has 0 unspecified atom stereocenters. The van der Waals surface area contributed by atoms with Crippen LogP contribution in [0.25, 0.3) is 10.8 Å². The van der Waals surface area contributed by atoms with Crippen molar-refractivity contribution in [2.45, 2.75) is 6.92 Å². The highest BCUT2D eigenvalue weighted by molar-refractivity contribution is 6.04. The smallest absolute Gasteiger partial charge is 0.188 e. The summed E-state index contributed by atoms with van der Waals surface area (Å²) < 4.78 is 5.53. The Morgan fingerprint density at radius 2 is 1.64 bits per heavy atom. The van der Waals surface area contributed by atoms with Gasteiger partial charge in [0.2, 0.25) is 0 Å². The number of fused-ring (bicyclic) bond motifs is 1. The van der Waals surface area contributed by atoms with Gasteiger partial charge in [-0.15, -0.1) is 0 Å². The summed E-state index contributed by atoms with van der Waals surface area (Å²) in [6.45, 7) is 1.99. The van der Waals surface area contributed by atoms with Crippen molar-refractivity contribution in [3.8, 4) is 5.75 Å². The number of hydrogen-bond acceptors (Lipinski definition) is 2. The van der Waals surface area contributed by atoms with Gasteiger partial charge in [0.05, 0.1) is 6.26 Å². The Morgan fingerprint density at radius 1 is 0.909 bits per heavy atom. The molecule has 0 radical (unpaired) electrons. The van der Waals surface area contributed by atoms with Gasteiger partial charge >= 0.3 is 0 Å². The Bertz CT molecular complexity index is 830. The molecule has 0 bridgehead atoms. The van der Waals surface area contributed by atoms with Crippen LogP contribution in [0.15, 0.2) is 79.1 Å². The zero-order valence-electron chi connectivity index (χ0n) is 12.3. The quantitative estimate of drug-likeness (QED) is 0.387. The zero-order chi connectivity index (χ0) is 15.4. The lowest BCUT2D eigenvalue weighted by Gasteiger charge is -2.02. The lowest BCUT2D eigenvalue weighted by Crippen LogP contribution is -1.95. The van der Waals surface area contributed by atoms with E-state index in [2.05, 4.69) is 6.07 Å². The SMILES string of the molecule is Cc1ccc(C(=O)/C=C\Oc2ccc3ccccc3c2)cc1. The van der Waals surface area contributed by atoms with Gasteiger partial charge in [-0.3, -0.25) is 4.79 Å². The molecule has 0 spiro atoms. The summed E-state index contributed by atoms with van der Waals surface area (Å²) in [6.07, 6.45) is 2.88. The first-order valence-corrected chi connectivity index (χ1v) is 7.15. The summed E-state index contributed by atoms with van der Waals surface area (Å²) in [4.78, 5) is 12.0. The van der Waals surface area contributed by atoms with Crippen LogP contribution in [-0.4, -0.2) is 5.78 Å². The van der Waals surface area contributed by atoms with E-state index in [0.717, 1.165) is 16.3 Å². The third-order valence-electron chi connectivity index (χ3n) is 3.48. The largest absolute Gasteiger partial charge is 0.465 e. The maximum Gasteiger partial charge on any atom is 0.188 e. The minimum Gasteiger partial charge on any atom is -0.465 e. The molecule has 0 aliphatic heterocycles. The fourth-order valence-corrected chi connectivity index (χ4v) is 2.23.